The molecule has 0 aliphatic heterocycles. The number of anilines is 1. The molecule has 0 aliphatic carbocycles. The Morgan fingerprint density at radius 1 is 0.865 bits per heavy atom. The van der Waals surface area contributed by atoms with E-state index in [1.54, 1.807) is 12.1 Å². The highest BCUT2D eigenvalue weighted by atomic mass is 32.2. The van der Waals surface area contributed by atoms with Crippen molar-refractivity contribution in [2.75, 3.05) is 23.7 Å². The van der Waals surface area contributed by atoms with Crippen molar-refractivity contribution in [3.8, 4) is 0 Å². The van der Waals surface area contributed by atoms with Crippen molar-refractivity contribution in [2.24, 2.45) is 24.8 Å². The number of rotatable bonds is 10. The molecule has 3 aromatic carbocycles. The summed E-state index contributed by atoms with van der Waals surface area (Å²) >= 11 is 1.38. The SMILES string of the molecule is CCCS(=O)(O)=Nc1cc(N(CC)CC)ccc1N=Nc1nc2ccc(N=Nc3ccccc3)cc2s1. The lowest BCUT2D eigenvalue weighted by atomic mass is 10.2. The van der Waals surface area contributed by atoms with Gasteiger partial charge in [-0.15, -0.1) is 10.2 Å². The average molecular weight is 536 g/mol. The molecule has 4 rings (SSSR count). The molecule has 4 aromatic rings. The molecule has 0 radical (unpaired) electrons. The standard InChI is InChI=1S/C26H29N7O2S2/c1-4-16-37(34,35)32-24-18-21(33(5-2)6-3)13-15-22(24)30-31-26-27-23-14-12-20(17-25(23)36-26)29-28-19-10-8-7-9-11-19/h7-15,17-18H,4-6,16H2,1-3H3,(H,32,34,35). The molecule has 9 nitrogen and oxygen atoms in total. The molecule has 0 amide bonds. The maximum absolute atomic E-state index is 12.6. The van der Waals surface area contributed by atoms with Gasteiger partial charge in [0.05, 0.1) is 27.3 Å². The topological polar surface area (TPSA) is 115 Å². The van der Waals surface area contributed by atoms with E-state index in [1.807, 2.05) is 61.5 Å². The molecule has 0 fully saturated rings. The van der Waals surface area contributed by atoms with Gasteiger partial charge in [0.2, 0.25) is 5.13 Å². The number of hydrogen-bond donors (Lipinski definition) is 1. The largest absolute Gasteiger partial charge is 0.372 e. The van der Waals surface area contributed by atoms with E-state index in [4.69, 9.17) is 0 Å². The van der Waals surface area contributed by atoms with Crippen molar-refractivity contribution in [1.82, 2.24) is 4.98 Å². The number of benzene rings is 3. The fraction of sp³-hybridized carbons (Fsp3) is 0.269. The molecule has 0 saturated heterocycles. The number of azo groups is 2. The minimum atomic E-state index is -3.37. The maximum Gasteiger partial charge on any atom is 0.231 e. The third-order valence-corrected chi connectivity index (χ3v) is 7.76. The molecule has 37 heavy (non-hydrogen) atoms. The Kier molecular flexibility index (Phi) is 8.70. The summed E-state index contributed by atoms with van der Waals surface area (Å²) in [6, 6.07) is 20.6. The number of nitrogens with zero attached hydrogens (tertiary/aromatic N) is 7. The highest BCUT2D eigenvalue weighted by Crippen LogP contribution is 2.37. The minimum absolute atomic E-state index is 0.0842. The number of fused-ring (bicyclic) bond motifs is 1. The quantitative estimate of drug-likeness (QED) is 0.204. The van der Waals surface area contributed by atoms with Crippen LogP contribution in [-0.2, 0) is 10.0 Å². The van der Waals surface area contributed by atoms with E-state index in [1.165, 1.54) is 11.3 Å². The summed E-state index contributed by atoms with van der Waals surface area (Å²) < 4.78 is 28.0. The molecule has 0 bridgehead atoms. The van der Waals surface area contributed by atoms with Crippen molar-refractivity contribution in [3.05, 3.63) is 66.7 Å². The van der Waals surface area contributed by atoms with Gasteiger partial charge >= 0.3 is 0 Å². The minimum Gasteiger partial charge on any atom is -0.372 e. The fourth-order valence-electron chi connectivity index (χ4n) is 3.63. The Morgan fingerprint density at radius 2 is 1.62 bits per heavy atom. The second-order valence-electron chi connectivity index (χ2n) is 8.13. The molecule has 1 atom stereocenters. The molecule has 1 aromatic heterocycles. The van der Waals surface area contributed by atoms with Crippen molar-refractivity contribution >= 4 is 65.1 Å². The van der Waals surface area contributed by atoms with Crippen LogP contribution in [0.4, 0.5) is 33.6 Å². The van der Waals surface area contributed by atoms with Gasteiger partial charge in [0, 0.05) is 18.8 Å². The summed E-state index contributed by atoms with van der Waals surface area (Å²) in [6.45, 7) is 7.57. The van der Waals surface area contributed by atoms with Gasteiger partial charge in [-0.1, -0.05) is 36.5 Å². The molecule has 0 aliphatic rings. The van der Waals surface area contributed by atoms with Gasteiger partial charge < -0.3 is 9.45 Å². The van der Waals surface area contributed by atoms with E-state index in [-0.39, 0.29) is 5.75 Å². The zero-order chi connectivity index (χ0) is 26.3. The number of aromatic nitrogens is 1. The molecule has 11 heteroatoms. The number of thiazole rings is 1. The fourth-order valence-corrected chi connectivity index (χ4v) is 5.53. The predicted molar refractivity (Wildman–Crippen MR) is 152 cm³/mol. The van der Waals surface area contributed by atoms with Crippen LogP contribution in [0.25, 0.3) is 10.2 Å². The first-order chi connectivity index (χ1) is 17.9. The van der Waals surface area contributed by atoms with Crippen LogP contribution in [0.3, 0.4) is 0 Å². The molecule has 1 unspecified atom stereocenters. The van der Waals surface area contributed by atoms with Crippen LogP contribution in [0.15, 0.2) is 91.5 Å². The van der Waals surface area contributed by atoms with Crippen LogP contribution >= 0.6 is 11.3 Å². The normalized spacial score (nSPS) is 13.4. The molecule has 192 valence electrons. The maximum atomic E-state index is 12.6. The summed E-state index contributed by atoms with van der Waals surface area (Å²) in [6.07, 6.45) is 0.546. The number of hydrogen-bond acceptors (Lipinski definition) is 9. The van der Waals surface area contributed by atoms with E-state index in [2.05, 4.69) is 48.6 Å². The van der Waals surface area contributed by atoms with Crippen LogP contribution < -0.4 is 4.90 Å². The van der Waals surface area contributed by atoms with Gasteiger partial charge in [0.1, 0.15) is 11.4 Å². The smallest absolute Gasteiger partial charge is 0.231 e. The van der Waals surface area contributed by atoms with Crippen molar-refractivity contribution in [2.45, 2.75) is 27.2 Å². The van der Waals surface area contributed by atoms with Gasteiger partial charge in [-0.2, -0.15) is 14.6 Å². The lowest BCUT2D eigenvalue weighted by Crippen LogP contribution is -2.21. The van der Waals surface area contributed by atoms with E-state index >= 15 is 0 Å². The van der Waals surface area contributed by atoms with Crippen LogP contribution in [0.5, 0.6) is 0 Å². The molecular weight excluding hydrogens is 506 g/mol. The van der Waals surface area contributed by atoms with Crippen LogP contribution in [0, 0.1) is 0 Å². The summed E-state index contributed by atoms with van der Waals surface area (Å²) in [5.41, 5.74) is 3.92. The van der Waals surface area contributed by atoms with E-state index in [0.717, 1.165) is 34.7 Å². The van der Waals surface area contributed by atoms with Crippen LogP contribution in [0.2, 0.25) is 0 Å². The zero-order valence-corrected chi connectivity index (χ0v) is 22.6. The van der Waals surface area contributed by atoms with Gasteiger partial charge in [-0.3, -0.25) is 0 Å². The first-order valence-electron chi connectivity index (χ1n) is 12.1. The van der Waals surface area contributed by atoms with Crippen molar-refractivity contribution in [3.63, 3.8) is 0 Å². The van der Waals surface area contributed by atoms with E-state index < -0.39 is 10.0 Å². The Bertz CT molecular complexity index is 1540. The second-order valence-corrected chi connectivity index (χ2v) is 10.9. The Hall–Kier alpha value is -3.54. The molecule has 1 heterocycles. The Morgan fingerprint density at radius 3 is 2.35 bits per heavy atom. The van der Waals surface area contributed by atoms with Crippen LogP contribution in [-0.4, -0.2) is 32.6 Å². The predicted octanol–water partition coefficient (Wildman–Crippen LogP) is 8.96. The lowest BCUT2D eigenvalue weighted by molar-refractivity contribution is 0.550. The summed E-state index contributed by atoms with van der Waals surface area (Å²) in [5, 5.41) is 17.7. The molecule has 0 spiro atoms. The first-order valence-corrected chi connectivity index (χ1v) is 14.5. The van der Waals surface area contributed by atoms with Gasteiger partial charge in [-0.25, -0.2) is 9.19 Å². The summed E-state index contributed by atoms with van der Waals surface area (Å²) in [4.78, 5) is 6.67. The molecule has 1 N–H and O–H groups in total. The molecule has 0 saturated carbocycles. The molecular formula is C26H29N7O2S2. The lowest BCUT2D eigenvalue weighted by Gasteiger charge is -2.21. The van der Waals surface area contributed by atoms with E-state index in [0.29, 0.717) is 28.6 Å². The highest BCUT2D eigenvalue weighted by molar-refractivity contribution is 7.88. The van der Waals surface area contributed by atoms with Crippen LogP contribution in [0.1, 0.15) is 27.2 Å². The third-order valence-electron chi connectivity index (χ3n) is 5.44. The Labute approximate surface area is 221 Å². The van der Waals surface area contributed by atoms with Gasteiger partial charge in [0.25, 0.3) is 0 Å². The summed E-state index contributed by atoms with van der Waals surface area (Å²) in [7, 11) is -3.37. The van der Waals surface area contributed by atoms with Crippen molar-refractivity contribution < 1.29 is 8.76 Å². The highest BCUT2D eigenvalue weighted by Gasteiger charge is 2.11. The van der Waals surface area contributed by atoms with E-state index in [9.17, 15) is 8.76 Å². The van der Waals surface area contributed by atoms with Crippen molar-refractivity contribution in [1.29, 1.82) is 0 Å². The zero-order valence-electron chi connectivity index (χ0n) is 21.0. The van der Waals surface area contributed by atoms with Gasteiger partial charge in [0.15, 0.2) is 10.0 Å². The first kappa shape index (κ1) is 26.5. The monoisotopic (exact) mass is 535 g/mol. The second kappa shape index (κ2) is 12.1. The average Bonchev–Trinajstić information content (AvgIpc) is 3.30. The third kappa shape index (κ3) is 7.03. The van der Waals surface area contributed by atoms with Gasteiger partial charge in [-0.05, 0) is 68.8 Å². The summed E-state index contributed by atoms with van der Waals surface area (Å²) in [5.74, 6) is 0.0842. The Balaban J connectivity index is 1.64.